The Labute approximate surface area is 158 Å². The van der Waals surface area contributed by atoms with Crippen LogP contribution in [0, 0.1) is 0 Å². The molecule has 0 saturated carbocycles. The predicted molar refractivity (Wildman–Crippen MR) is 102 cm³/mol. The summed E-state index contributed by atoms with van der Waals surface area (Å²) in [6.07, 6.45) is -3.02. The second kappa shape index (κ2) is 9.20. The van der Waals surface area contributed by atoms with Crippen molar-refractivity contribution in [1.29, 1.82) is 0 Å². The van der Waals surface area contributed by atoms with Gasteiger partial charge in [0.1, 0.15) is 18.3 Å². The van der Waals surface area contributed by atoms with Gasteiger partial charge in [-0.3, -0.25) is 0 Å². The van der Waals surface area contributed by atoms with Crippen LogP contribution < -0.4 is 10.6 Å². The van der Waals surface area contributed by atoms with Crippen molar-refractivity contribution >= 4 is 11.4 Å². The number of rotatable bonds is 9. The molecule has 8 nitrogen and oxygen atoms in total. The van der Waals surface area contributed by atoms with Crippen LogP contribution in [-0.2, 0) is 0 Å². The highest BCUT2D eigenvalue weighted by atomic mass is 16.4. The Kier molecular flexibility index (Phi) is 7.23. The minimum atomic E-state index is -1.66. The van der Waals surface area contributed by atoms with Crippen LogP contribution >= 0.6 is 0 Å². The zero-order chi connectivity index (χ0) is 20.1. The lowest BCUT2D eigenvalue weighted by atomic mass is 10.0. The van der Waals surface area contributed by atoms with Gasteiger partial charge in [-0.25, -0.2) is 0 Å². The fourth-order valence-electron chi connectivity index (χ4n) is 2.88. The predicted octanol–water partition coefficient (Wildman–Crippen LogP) is 0.179. The van der Waals surface area contributed by atoms with Crippen molar-refractivity contribution in [3.05, 3.63) is 36.8 Å². The molecule has 1 aromatic carbocycles. The summed E-state index contributed by atoms with van der Waals surface area (Å²) < 4.78 is 5.11. The minimum absolute atomic E-state index is 0.00276. The third-order valence-corrected chi connectivity index (χ3v) is 4.53. The lowest BCUT2D eigenvalue weighted by Crippen LogP contribution is -2.50. The number of nitrogens with zero attached hydrogens (tertiary/aromatic N) is 1. The average molecular weight is 380 g/mol. The Hall–Kier alpha value is -2.10. The van der Waals surface area contributed by atoms with E-state index in [4.69, 9.17) is 15.3 Å². The molecule has 2 rings (SSSR count). The lowest BCUT2D eigenvalue weighted by Gasteiger charge is -2.34. The van der Waals surface area contributed by atoms with Crippen molar-refractivity contribution < 1.29 is 29.9 Å². The van der Waals surface area contributed by atoms with E-state index in [-0.39, 0.29) is 12.6 Å². The van der Waals surface area contributed by atoms with Crippen LogP contribution in [0.4, 0.5) is 11.4 Å². The van der Waals surface area contributed by atoms with E-state index in [1.807, 2.05) is 24.8 Å². The maximum Gasteiger partial charge on any atom is 0.111 e. The van der Waals surface area contributed by atoms with Crippen LogP contribution in [-0.4, -0.2) is 69.1 Å². The lowest BCUT2D eigenvalue weighted by molar-refractivity contribution is -0.112. The molecule has 0 aliphatic rings. The summed E-state index contributed by atoms with van der Waals surface area (Å²) in [6.45, 7) is 3.13. The van der Waals surface area contributed by atoms with E-state index in [1.54, 1.807) is 30.7 Å². The smallest absolute Gasteiger partial charge is 0.111 e. The highest BCUT2D eigenvalue weighted by molar-refractivity contribution is 5.79. The van der Waals surface area contributed by atoms with E-state index >= 15 is 0 Å². The van der Waals surface area contributed by atoms with Crippen LogP contribution in [0.3, 0.4) is 0 Å². The molecule has 4 atom stereocenters. The fraction of sp³-hybridized carbons (Fsp3) is 0.474. The second-order valence-electron chi connectivity index (χ2n) is 6.83. The van der Waals surface area contributed by atoms with Gasteiger partial charge in [-0.15, -0.1) is 0 Å². The standard InChI is InChI=1S/C19H28N2O6/c1-11(2)21(8-16(23)18(25)19(26)17(24)9-22)13-3-4-15(20)14(7-13)12-5-6-27-10-12/h3-7,10-11,16-19,22-26H,8-9,20H2,1-2H3. The fourth-order valence-corrected chi connectivity index (χ4v) is 2.88. The molecule has 27 heavy (non-hydrogen) atoms. The molecule has 0 saturated heterocycles. The first kappa shape index (κ1) is 21.2. The molecule has 0 spiro atoms. The van der Waals surface area contributed by atoms with Gasteiger partial charge in [-0.2, -0.15) is 0 Å². The summed E-state index contributed by atoms with van der Waals surface area (Å²) in [5.41, 5.74) is 8.99. The van der Waals surface area contributed by atoms with E-state index < -0.39 is 31.0 Å². The molecule has 0 aliphatic carbocycles. The van der Waals surface area contributed by atoms with Gasteiger partial charge in [0.25, 0.3) is 0 Å². The van der Waals surface area contributed by atoms with Gasteiger partial charge in [-0.05, 0) is 38.1 Å². The summed E-state index contributed by atoms with van der Waals surface area (Å²) in [7, 11) is 0. The van der Waals surface area contributed by atoms with Gasteiger partial charge in [0.15, 0.2) is 0 Å². The van der Waals surface area contributed by atoms with Crippen molar-refractivity contribution in [2.75, 3.05) is 23.8 Å². The highest BCUT2D eigenvalue weighted by Gasteiger charge is 2.31. The maximum absolute atomic E-state index is 10.3. The van der Waals surface area contributed by atoms with Crippen LogP contribution in [0.15, 0.2) is 41.2 Å². The number of aliphatic hydroxyl groups excluding tert-OH is 5. The molecule has 1 heterocycles. The normalized spacial score (nSPS) is 16.1. The van der Waals surface area contributed by atoms with Crippen molar-refractivity contribution in [3.63, 3.8) is 0 Å². The quantitative estimate of drug-likeness (QED) is 0.338. The van der Waals surface area contributed by atoms with Gasteiger partial charge in [0.05, 0.1) is 25.2 Å². The van der Waals surface area contributed by atoms with E-state index in [1.165, 1.54) is 0 Å². The second-order valence-corrected chi connectivity index (χ2v) is 6.83. The average Bonchev–Trinajstić information content (AvgIpc) is 3.18. The van der Waals surface area contributed by atoms with E-state index in [9.17, 15) is 20.4 Å². The number of anilines is 2. The zero-order valence-electron chi connectivity index (χ0n) is 15.4. The molecule has 0 aliphatic heterocycles. The van der Waals surface area contributed by atoms with Crippen molar-refractivity contribution in [2.24, 2.45) is 0 Å². The van der Waals surface area contributed by atoms with E-state index in [0.717, 1.165) is 16.8 Å². The third-order valence-electron chi connectivity index (χ3n) is 4.53. The van der Waals surface area contributed by atoms with Gasteiger partial charge in [0, 0.05) is 35.1 Å². The van der Waals surface area contributed by atoms with Crippen LogP contribution in [0.5, 0.6) is 0 Å². The monoisotopic (exact) mass is 380 g/mol. The summed E-state index contributed by atoms with van der Waals surface area (Å²) in [5, 5.41) is 48.6. The molecule has 4 unspecified atom stereocenters. The number of furan rings is 1. The Balaban J connectivity index is 2.24. The van der Waals surface area contributed by atoms with Crippen LogP contribution in [0.25, 0.3) is 11.1 Å². The molecule has 0 radical (unpaired) electrons. The van der Waals surface area contributed by atoms with Crippen molar-refractivity contribution in [2.45, 2.75) is 44.3 Å². The van der Waals surface area contributed by atoms with Gasteiger partial charge >= 0.3 is 0 Å². The Morgan fingerprint density at radius 3 is 2.26 bits per heavy atom. The molecule has 150 valence electrons. The van der Waals surface area contributed by atoms with Crippen molar-refractivity contribution in [3.8, 4) is 11.1 Å². The molecular weight excluding hydrogens is 352 g/mol. The SMILES string of the molecule is CC(C)N(CC(O)C(O)C(O)C(O)CO)c1ccc(N)c(-c2ccoc2)c1. The number of benzene rings is 1. The van der Waals surface area contributed by atoms with Crippen LogP contribution in [0.2, 0.25) is 0 Å². The molecule has 0 bridgehead atoms. The Morgan fingerprint density at radius 1 is 1.04 bits per heavy atom. The summed E-state index contributed by atoms with van der Waals surface area (Å²) in [5.74, 6) is 0. The van der Waals surface area contributed by atoms with Gasteiger partial charge in [0.2, 0.25) is 0 Å². The molecule has 8 heteroatoms. The Bertz CT molecular complexity index is 706. The van der Waals surface area contributed by atoms with Gasteiger partial charge in [-0.1, -0.05) is 0 Å². The first-order valence-corrected chi connectivity index (χ1v) is 8.78. The first-order valence-electron chi connectivity index (χ1n) is 8.78. The first-order chi connectivity index (χ1) is 12.8. The number of nitrogens with two attached hydrogens (primary N) is 1. The number of aliphatic hydroxyl groups is 5. The number of hydrogen-bond donors (Lipinski definition) is 6. The molecule has 7 N–H and O–H groups in total. The molecule has 2 aromatic rings. The summed E-state index contributed by atoms with van der Waals surface area (Å²) in [4.78, 5) is 1.84. The zero-order valence-corrected chi connectivity index (χ0v) is 15.4. The van der Waals surface area contributed by atoms with Crippen LogP contribution in [0.1, 0.15) is 13.8 Å². The molecule has 0 fully saturated rings. The molecular formula is C19H28N2O6. The van der Waals surface area contributed by atoms with E-state index in [0.29, 0.717) is 5.69 Å². The third kappa shape index (κ3) is 5.00. The largest absolute Gasteiger partial charge is 0.472 e. The highest BCUT2D eigenvalue weighted by Crippen LogP contribution is 2.31. The Morgan fingerprint density at radius 2 is 1.70 bits per heavy atom. The minimum Gasteiger partial charge on any atom is -0.472 e. The molecule has 0 amide bonds. The van der Waals surface area contributed by atoms with E-state index in [2.05, 4.69) is 0 Å². The topological polar surface area (TPSA) is 144 Å². The van der Waals surface area contributed by atoms with Gasteiger partial charge < -0.3 is 40.6 Å². The summed E-state index contributed by atoms with van der Waals surface area (Å²) >= 11 is 0. The summed E-state index contributed by atoms with van der Waals surface area (Å²) in [6, 6.07) is 7.17. The maximum atomic E-state index is 10.3. The number of hydrogen-bond acceptors (Lipinski definition) is 8. The molecule has 1 aromatic heterocycles. The number of nitrogen functional groups attached to an aromatic ring is 1. The van der Waals surface area contributed by atoms with Crippen molar-refractivity contribution in [1.82, 2.24) is 0 Å².